The number of methoxy groups -OCH3 is 1. The van der Waals surface area contributed by atoms with Gasteiger partial charge in [0.25, 0.3) is 0 Å². The van der Waals surface area contributed by atoms with Gasteiger partial charge in [-0.25, -0.2) is 0 Å². The van der Waals surface area contributed by atoms with Crippen LogP contribution in [0, 0.1) is 0 Å². The molecule has 0 aliphatic heterocycles. The lowest BCUT2D eigenvalue weighted by Gasteiger charge is -2.09. The summed E-state index contributed by atoms with van der Waals surface area (Å²) in [5, 5.41) is -0.737. The van der Waals surface area contributed by atoms with Gasteiger partial charge in [-0.05, 0) is 18.2 Å². The summed E-state index contributed by atoms with van der Waals surface area (Å²) in [7, 11) is 1.22. The van der Waals surface area contributed by atoms with E-state index in [1.807, 2.05) is 0 Å². The first-order valence-corrected chi connectivity index (χ1v) is 4.29. The molecule has 82 valence electrons. The lowest BCUT2D eigenvalue weighted by atomic mass is 10.1. The second-order valence-electron chi connectivity index (χ2n) is 2.75. The maximum atomic E-state index is 12.4. The van der Waals surface area contributed by atoms with Crippen LogP contribution in [0.3, 0.4) is 0 Å². The van der Waals surface area contributed by atoms with Crippen molar-refractivity contribution in [3.05, 3.63) is 29.3 Å². The van der Waals surface area contributed by atoms with Crippen molar-refractivity contribution in [2.75, 3.05) is 7.11 Å². The first-order valence-electron chi connectivity index (χ1n) is 3.84. The highest BCUT2D eigenvalue weighted by molar-refractivity contribution is 7.97. The van der Waals surface area contributed by atoms with Gasteiger partial charge in [-0.2, -0.15) is 13.2 Å². The number of benzene rings is 1. The van der Waals surface area contributed by atoms with Crippen LogP contribution in [0.5, 0.6) is 5.75 Å². The van der Waals surface area contributed by atoms with E-state index in [-0.39, 0.29) is 11.3 Å². The summed E-state index contributed by atoms with van der Waals surface area (Å²) in [6, 6.07) is 2.75. The lowest BCUT2D eigenvalue weighted by molar-refractivity contribution is -0.137. The molecular weight excluding hydrogens is 229 g/mol. The molecule has 0 bridgehead atoms. The average Bonchev–Trinajstić information content (AvgIpc) is 2.15. The first-order chi connectivity index (χ1) is 6.84. The zero-order valence-electron chi connectivity index (χ0n) is 7.63. The van der Waals surface area contributed by atoms with Crippen LogP contribution in [0.15, 0.2) is 18.2 Å². The van der Waals surface area contributed by atoms with Crippen molar-refractivity contribution in [3.8, 4) is 5.75 Å². The quantitative estimate of drug-likeness (QED) is 0.799. The predicted molar refractivity (Wildman–Crippen MR) is 51.3 cm³/mol. The Morgan fingerprint density at radius 3 is 2.33 bits per heavy atom. The SMILES string of the molecule is COc1cc(C(=O)S)cc(C(F)(F)F)c1. The zero-order chi connectivity index (χ0) is 11.6. The van der Waals surface area contributed by atoms with Crippen molar-refractivity contribution in [1.29, 1.82) is 0 Å². The second kappa shape index (κ2) is 4.14. The van der Waals surface area contributed by atoms with Crippen LogP contribution in [0.1, 0.15) is 15.9 Å². The molecule has 0 amide bonds. The van der Waals surface area contributed by atoms with E-state index in [2.05, 4.69) is 17.4 Å². The van der Waals surface area contributed by atoms with Gasteiger partial charge in [0, 0.05) is 5.56 Å². The van der Waals surface area contributed by atoms with Crippen LogP contribution in [0.4, 0.5) is 13.2 Å². The Morgan fingerprint density at radius 2 is 1.93 bits per heavy atom. The molecule has 1 rings (SSSR count). The smallest absolute Gasteiger partial charge is 0.416 e. The maximum absolute atomic E-state index is 12.4. The molecule has 0 heterocycles. The molecular formula is C9H7F3O2S. The highest BCUT2D eigenvalue weighted by Crippen LogP contribution is 2.32. The van der Waals surface area contributed by atoms with Crippen LogP contribution >= 0.6 is 12.6 Å². The van der Waals surface area contributed by atoms with Crippen molar-refractivity contribution in [2.24, 2.45) is 0 Å². The van der Waals surface area contributed by atoms with Crippen molar-refractivity contribution >= 4 is 17.7 Å². The summed E-state index contributed by atoms with van der Waals surface area (Å²) in [5.74, 6) is -0.0257. The van der Waals surface area contributed by atoms with Crippen LogP contribution in [0.25, 0.3) is 0 Å². The normalized spacial score (nSPS) is 11.3. The van der Waals surface area contributed by atoms with Gasteiger partial charge < -0.3 is 4.74 Å². The average molecular weight is 236 g/mol. The number of thiol groups is 1. The molecule has 0 aliphatic rings. The molecule has 0 spiro atoms. The van der Waals surface area contributed by atoms with E-state index in [4.69, 9.17) is 0 Å². The molecule has 0 radical (unpaired) electrons. The minimum atomic E-state index is -4.51. The summed E-state index contributed by atoms with van der Waals surface area (Å²) in [6.07, 6.45) is -4.51. The van der Waals surface area contributed by atoms with E-state index in [1.54, 1.807) is 0 Å². The molecule has 6 heteroatoms. The monoisotopic (exact) mass is 236 g/mol. The number of rotatable bonds is 2. The Bertz CT molecular complexity index is 387. The molecule has 0 atom stereocenters. The Morgan fingerprint density at radius 1 is 1.33 bits per heavy atom. The highest BCUT2D eigenvalue weighted by Gasteiger charge is 2.31. The molecule has 0 saturated carbocycles. The molecule has 2 nitrogen and oxygen atoms in total. The number of alkyl halides is 3. The van der Waals surface area contributed by atoms with E-state index in [1.165, 1.54) is 13.2 Å². The molecule has 0 N–H and O–H groups in total. The van der Waals surface area contributed by atoms with Gasteiger partial charge in [0.15, 0.2) is 0 Å². The van der Waals surface area contributed by atoms with Gasteiger partial charge in [0.05, 0.1) is 12.7 Å². The molecule has 1 aromatic carbocycles. The summed E-state index contributed by atoms with van der Waals surface area (Å²) >= 11 is 3.45. The highest BCUT2D eigenvalue weighted by atomic mass is 32.1. The van der Waals surface area contributed by atoms with Crippen LogP contribution in [-0.2, 0) is 6.18 Å². The largest absolute Gasteiger partial charge is 0.497 e. The Kier molecular flexibility index (Phi) is 3.28. The number of ether oxygens (including phenoxy) is 1. The van der Waals surface area contributed by atoms with Gasteiger partial charge in [-0.15, -0.1) is 12.6 Å². The van der Waals surface area contributed by atoms with Gasteiger partial charge in [0.2, 0.25) is 5.12 Å². The number of hydrogen-bond acceptors (Lipinski definition) is 2. The minimum Gasteiger partial charge on any atom is -0.497 e. The van der Waals surface area contributed by atoms with Gasteiger partial charge >= 0.3 is 6.18 Å². The molecule has 0 fully saturated rings. The predicted octanol–water partition coefficient (Wildman–Crippen LogP) is 2.78. The second-order valence-corrected chi connectivity index (χ2v) is 3.16. The maximum Gasteiger partial charge on any atom is 0.416 e. The molecule has 1 aromatic rings. The summed E-state index contributed by atoms with van der Waals surface area (Å²) in [6.45, 7) is 0. The fourth-order valence-electron chi connectivity index (χ4n) is 1.00. The molecule has 0 unspecified atom stereocenters. The number of carbonyl (C=O) groups is 1. The van der Waals surface area contributed by atoms with Crippen molar-refractivity contribution < 1.29 is 22.7 Å². The van der Waals surface area contributed by atoms with Gasteiger partial charge in [0.1, 0.15) is 5.75 Å². The topological polar surface area (TPSA) is 26.3 Å². The van der Waals surface area contributed by atoms with E-state index < -0.39 is 16.9 Å². The summed E-state index contributed by atoms with van der Waals surface area (Å²) < 4.78 is 41.7. The fraction of sp³-hybridized carbons (Fsp3) is 0.222. The van der Waals surface area contributed by atoms with Gasteiger partial charge in [-0.3, -0.25) is 4.79 Å². The number of hydrogen-bond donors (Lipinski definition) is 1. The number of halogens is 3. The van der Waals surface area contributed by atoms with Crippen molar-refractivity contribution in [3.63, 3.8) is 0 Å². The van der Waals surface area contributed by atoms with Crippen molar-refractivity contribution in [2.45, 2.75) is 6.18 Å². The summed E-state index contributed by atoms with van der Waals surface area (Å²) in [5.41, 5.74) is -1.08. The van der Waals surface area contributed by atoms with Crippen LogP contribution in [-0.4, -0.2) is 12.2 Å². The Labute approximate surface area is 89.5 Å². The van der Waals surface area contributed by atoms with E-state index in [0.29, 0.717) is 0 Å². The fourth-order valence-corrected chi connectivity index (χ4v) is 1.13. The number of carbonyl (C=O) groups excluding carboxylic acids is 1. The molecule has 0 aromatic heterocycles. The molecule has 0 aliphatic carbocycles. The van der Waals surface area contributed by atoms with E-state index >= 15 is 0 Å². The Balaban J connectivity index is 3.30. The molecule has 15 heavy (non-hydrogen) atoms. The van der Waals surface area contributed by atoms with Crippen molar-refractivity contribution in [1.82, 2.24) is 0 Å². The minimum absolute atomic E-state index is 0.0257. The zero-order valence-corrected chi connectivity index (χ0v) is 8.52. The van der Waals surface area contributed by atoms with E-state index in [0.717, 1.165) is 12.1 Å². The first kappa shape index (κ1) is 11.9. The van der Waals surface area contributed by atoms with Crippen LogP contribution in [0.2, 0.25) is 0 Å². The third kappa shape index (κ3) is 2.89. The molecule has 0 saturated heterocycles. The van der Waals surface area contributed by atoms with E-state index in [9.17, 15) is 18.0 Å². The van der Waals surface area contributed by atoms with Gasteiger partial charge in [-0.1, -0.05) is 0 Å². The third-order valence-corrected chi connectivity index (χ3v) is 1.97. The lowest BCUT2D eigenvalue weighted by Crippen LogP contribution is -2.07. The Hall–Kier alpha value is -1.17. The summed E-state index contributed by atoms with van der Waals surface area (Å²) in [4.78, 5) is 10.8. The standard InChI is InChI=1S/C9H7F3O2S/c1-14-7-3-5(8(13)15)2-6(4-7)9(10,11)12/h2-4H,1H3,(H,13,15). The van der Waals surface area contributed by atoms with Crippen LogP contribution < -0.4 is 4.74 Å². The third-order valence-electron chi connectivity index (χ3n) is 1.72.